The summed E-state index contributed by atoms with van der Waals surface area (Å²) in [7, 11) is 0. The predicted octanol–water partition coefficient (Wildman–Crippen LogP) is 3.06. The lowest BCUT2D eigenvalue weighted by atomic mass is 9.88. The van der Waals surface area contributed by atoms with E-state index in [1.165, 1.54) is 22.4 Å². The molecule has 2 heteroatoms. The Morgan fingerprint density at radius 2 is 1.75 bits per heavy atom. The largest absolute Gasteiger partial charge is 0.384 e. The standard InChI is InChI=1S/C14H21NO/c1-10-5-11(2)13(12(3)6-10)15-7-14(4)8-16-9-14/h5-6,15H,7-9H2,1-4H3. The molecule has 16 heavy (non-hydrogen) atoms. The van der Waals surface area contributed by atoms with Gasteiger partial charge in [-0.2, -0.15) is 0 Å². The number of rotatable bonds is 3. The van der Waals surface area contributed by atoms with Gasteiger partial charge >= 0.3 is 0 Å². The summed E-state index contributed by atoms with van der Waals surface area (Å²) < 4.78 is 5.27. The molecule has 1 aromatic carbocycles. The second-order valence-electron chi connectivity index (χ2n) is 5.43. The minimum atomic E-state index is 0.323. The topological polar surface area (TPSA) is 21.3 Å². The number of hydrogen-bond donors (Lipinski definition) is 1. The zero-order valence-electron chi connectivity index (χ0n) is 10.7. The van der Waals surface area contributed by atoms with Crippen molar-refractivity contribution in [3.8, 4) is 0 Å². The third-order valence-electron chi connectivity index (χ3n) is 3.27. The number of aryl methyl sites for hydroxylation is 3. The highest BCUT2D eigenvalue weighted by Crippen LogP contribution is 2.29. The molecule has 0 saturated carbocycles. The van der Waals surface area contributed by atoms with Crippen LogP contribution in [0, 0.1) is 26.2 Å². The molecular formula is C14H21NO. The van der Waals surface area contributed by atoms with E-state index >= 15 is 0 Å². The Morgan fingerprint density at radius 1 is 1.19 bits per heavy atom. The van der Waals surface area contributed by atoms with E-state index in [9.17, 15) is 0 Å². The second-order valence-corrected chi connectivity index (χ2v) is 5.43. The maximum Gasteiger partial charge on any atom is 0.0559 e. The van der Waals surface area contributed by atoms with Gasteiger partial charge in [0.25, 0.3) is 0 Å². The van der Waals surface area contributed by atoms with Crippen molar-refractivity contribution in [2.24, 2.45) is 5.41 Å². The lowest BCUT2D eigenvalue weighted by molar-refractivity contribution is -0.0924. The first kappa shape index (κ1) is 11.5. The van der Waals surface area contributed by atoms with E-state index in [4.69, 9.17) is 4.74 Å². The Hall–Kier alpha value is -1.02. The maximum atomic E-state index is 5.27. The average molecular weight is 219 g/mol. The SMILES string of the molecule is Cc1cc(C)c(NCC2(C)COC2)c(C)c1. The smallest absolute Gasteiger partial charge is 0.0559 e. The quantitative estimate of drug-likeness (QED) is 0.843. The average Bonchev–Trinajstić information content (AvgIpc) is 2.13. The van der Waals surface area contributed by atoms with Crippen molar-refractivity contribution in [2.75, 3.05) is 25.1 Å². The van der Waals surface area contributed by atoms with Gasteiger partial charge in [-0.3, -0.25) is 0 Å². The van der Waals surface area contributed by atoms with Gasteiger partial charge in [0, 0.05) is 17.6 Å². The Kier molecular flexibility index (Phi) is 2.94. The second kappa shape index (κ2) is 4.10. The number of hydrogen-bond acceptors (Lipinski definition) is 2. The summed E-state index contributed by atoms with van der Waals surface area (Å²) in [6.07, 6.45) is 0. The van der Waals surface area contributed by atoms with Crippen LogP contribution in [0.3, 0.4) is 0 Å². The van der Waals surface area contributed by atoms with Gasteiger partial charge in [-0.15, -0.1) is 0 Å². The van der Waals surface area contributed by atoms with Crippen LogP contribution in [0.2, 0.25) is 0 Å². The first-order valence-electron chi connectivity index (χ1n) is 5.90. The number of nitrogens with one attached hydrogen (secondary N) is 1. The lowest BCUT2D eigenvalue weighted by Gasteiger charge is -2.38. The van der Waals surface area contributed by atoms with Gasteiger partial charge < -0.3 is 10.1 Å². The molecule has 88 valence electrons. The first-order valence-corrected chi connectivity index (χ1v) is 5.90. The molecule has 1 saturated heterocycles. The van der Waals surface area contributed by atoms with Gasteiger partial charge in [0.05, 0.1) is 13.2 Å². The normalized spacial score (nSPS) is 18.0. The summed E-state index contributed by atoms with van der Waals surface area (Å²) in [6, 6.07) is 4.46. The van der Waals surface area contributed by atoms with Crippen molar-refractivity contribution in [3.05, 3.63) is 28.8 Å². The summed E-state index contributed by atoms with van der Waals surface area (Å²) in [5.41, 5.74) is 5.61. The van der Waals surface area contributed by atoms with Gasteiger partial charge in [0.15, 0.2) is 0 Å². The number of benzene rings is 1. The zero-order valence-corrected chi connectivity index (χ0v) is 10.7. The molecule has 0 bridgehead atoms. The fourth-order valence-electron chi connectivity index (χ4n) is 2.31. The molecule has 0 spiro atoms. The van der Waals surface area contributed by atoms with Crippen LogP contribution in [0.5, 0.6) is 0 Å². The summed E-state index contributed by atoms with van der Waals surface area (Å²) in [5.74, 6) is 0. The van der Waals surface area contributed by atoms with Crippen LogP contribution in [0.15, 0.2) is 12.1 Å². The van der Waals surface area contributed by atoms with E-state index in [0.29, 0.717) is 5.41 Å². The third-order valence-corrected chi connectivity index (χ3v) is 3.27. The van der Waals surface area contributed by atoms with Crippen LogP contribution in [0.1, 0.15) is 23.6 Å². The molecule has 0 radical (unpaired) electrons. The van der Waals surface area contributed by atoms with E-state index in [2.05, 4.69) is 45.1 Å². The van der Waals surface area contributed by atoms with Gasteiger partial charge in [0.1, 0.15) is 0 Å². The highest BCUT2D eigenvalue weighted by Gasteiger charge is 2.33. The molecule has 2 nitrogen and oxygen atoms in total. The van der Waals surface area contributed by atoms with Crippen molar-refractivity contribution in [3.63, 3.8) is 0 Å². The Balaban J connectivity index is 2.09. The van der Waals surface area contributed by atoms with E-state index in [0.717, 1.165) is 19.8 Å². The molecule has 1 heterocycles. The minimum Gasteiger partial charge on any atom is -0.384 e. The molecule has 0 amide bonds. The lowest BCUT2D eigenvalue weighted by Crippen LogP contribution is -2.45. The first-order chi connectivity index (χ1) is 7.50. The van der Waals surface area contributed by atoms with E-state index < -0.39 is 0 Å². The zero-order chi connectivity index (χ0) is 11.8. The number of anilines is 1. The van der Waals surface area contributed by atoms with Crippen molar-refractivity contribution in [2.45, 2.75) is 27.7 Å². The molecule has 0 aromatic heterocycles. The van der Waals surface area contributed by atoms with Gasteiger partial charge in [-0.05, 0) is 31.9 Å². The number of ether oxygens (including phenoxy) is 1. The summed E-state index contributed by atoms with van der Waals surface area (Å²) >= 11 is 0. The molecule has 0 aliphatic carbocycles. The molecule has 1 aliphatic rings. The summed E-state index contributed by atoms with van der Waals surface area (Å²) in [4.78, 5) is 0. The fourth-order valence-corrected chi connectivity index (χ4v) is 2.31. The predicted molar refractivity (Wildman–Crippen MR) is 68.1 cm³/mol. The Morgan fingerprint density at radius 3 is 2.19 bits per heavy atom. The molecule has 0 unspecified atom stereocenters. The molecule has 1 N–H and O–H groups in total. The highest BCUT2D eigenvalue weighted by atomic mass is 16.5. The third kappa shape index (κ3) is 2.22. The maximum absolute atomic E-state index is 5.27. The van der Waals surface area contributed by atoms with Crippen molar-refractivity contribution in [1.82, 2.24) is 0 Å². The Bertz CT molecular complexity index is 371. The Labute approximate surface area is 98.0 Å². The fraction of sp³-hybridized carbons (Fsp3) is 0.571. The van der Waals surface area contributed by atoms with Gasteiger partial charge in [-0.1, -0.05) is 24.6 Å². The van der Waals surface area contributed by atoms with Crippen LogP contribution in [0.4, 0.5) is 5.69 Å². The molecule has 2 rings (SSSR count). The van der Waals surface area contributed by atoms with Gasteiger partial charge in [0.2, 0.25) is 0 Å². The van der Waals surface area contributed by atoms with E-state index in [1.807, 2.05) is 0 Å². The van der Waals surface area contributed by atoms with E-state index in [-0.39, 0.29) is 0 Å². The molecule has 1 fully saturated rings. The van der Waals surface area contributed by atoms with Crippen LogP contribution < -0.4 is 5.32 Å². The van der Waals surface area contributed by atoms with Crippen molar-refractivity contribution < 1.29 is 4.74 Å². The van der Waals surface area contributed by atoms with Crippen LogP contribution in [-0.4, -0.2) is 19.8 Å². The van der Waals surface area contributed by atoms with Crippen LogP contribution >= 0.6 is 0 Å². The minimum absolute atomic E-state index is 0.323. The molecule has 1 aliphatic heterocycles. The summed E-state index contributed by atoms with van der Waals surface area (Å²) in [5, 5.41) is 3.57. The molecular weight excluding hydrogens is 198 g/mol. The molecule has 0 atom stereocenters. The van der Waals surface area contributed by atoms with Crippen LogP contribution in [-0.2, 0) is 4.74 Å². The van der Waals surface area contributed by atoms with Crippen molar-refractivity contribution >= 4 is 5.69 Å². The monoisotopic (exact) mass is 219 g/mol. The van der Waals surface area contributed by atoms with Crippen molar-refractivity contribution in [1.29, 1.82) is 0 Å². The van der Waals surface area contributed by atoms with Gasteiger partial charge in [-0.25, -0.2) is 0 Å². The van der Waals surface area contributed by atoms with Crippen LogP contribution in [0.25, 0.3) is 0 Å². The highest BCUT2D eigenvalue weighted by molar-refractivity contribution is 5.58. The summed E-state index contributed by atoms with van der Waals surface area (Å²) in [6.45, 7) is 11.5. The van der Waals surface area contributed by atoms with E-state index in [1.54, 1.807) is 0 Å². The molecule has 1 aromatic rings.